The highest BCUT2D eigenvalue weighted by atomic mass is 16.3. The van der Waals surface area contributed by atoms with E-state index in [2.05, 4.69) is 158 Å². The molecule has 0 aliphatic heterocycles. The van der Waals surface area contributed by atoms with Crippen molar-refractivity contribution in [2.45, 2.75) is 19.3 Å². The van der Waals surface area contributed by atoms with E-state index in [-0.39, 0.29) is 5.41 Å². The van der Waals surface area contributed by atoms with E-state index >= 15 is 0 Å². The summed E-state index contributed by atoms with van der Waals surface area (Å²) in [6.07, 6.45) is 0. The molecule has 51 heavy (non-hydrogen) atoms. The molecule has 0 fully saturated rings. The van der Waals surface area contributed by atoms with Crippen LogP contribution in [0.3, 0.4) is 0 Å². The number of benzene rings is 7. The van der Waals surface area contributed by atoms with Crippen LogP contribution in [-0.4, -0.2) is 14.5 Å². The van der Waals surface area contributed by atoms with Gasteiger partial charge in [0.25, 0.3) is 0 Å². The van der Waals surface area contributed by atoms with Crippen molar-refractivity contribution < 1.29 is 4.42 Å². The number of hydrogen-bond donors (Lipinski definition) is 0. The molecule has 10 aromatic rings. The van der Waals surface area contributed by atoms with Gasteiger partial charge in [-0.05, 0) is 69.9 Å². The van der Waals surface area contributed by atoms with E-state index in [0.717, 1.165) is 72.2 Å². The van der Waals surface area contributed by atoms with Gasteiger partial charge in [-0.25, -0.2) is 9.97 Å². The second-order valence-corrected chi connectivity index (χ2v) is 14.2. The fourth-order valence-electron chi connectivity index (χ4n) is 8.50. The summed E-state index contributed by atoms with van der Waals surface area (Å²) in [5.74, 6) is 0.678. The molecule has 4 nitrogen and oxygen atoms in total. The lowest BCUT2D eigenvalue weighted by Crippen LogP contribution is -2.18. The van der Waals surface area contributed by atoms with Gasteiger partial charge in [-0.3, -0.25) is 4.57 Å². The Bertz CT molecular complexity index is 3060. The molecule has 240 valence electrons. The van der Waals surface area contributed by atoms with Crippen LogP contribution in [0.15, 0.2) is 156 Å². The van der Waals surface area contributed by atoms with Gasteiger partial charge in [0.15, 0.2) is 0 Å². The second kappa shape index (κ2) is 10.3. The van der Waals surface area contributed by atoms with Crippen molar-refractivity contribution >= 4 is 54.5 Å². The van der Waals surface area contributed by atoms with Gasteiger partial charge in [0.1, 0.15) is 11.2 Å². The van der Waals surface area contributed by atoms with E-state index < -0.39 is 0 Å². The molecule has 1 aliphatic rings. The summed E-state index contributed by atoms with van der Waals surface area (Å²) in [5.41, 5.74) is 12.5. The molecule has 3 heterocycles. The number of fused-ring (bicyclic) bond motifs is 10. The molecule has 1 aliphatic carbocycles. The lowest BCUT2D eigenvalue weighted by Gasteiger charge is -2.24. The Balaban J connectivity index is 1.16. The molecule has 7 aromatic carbocycles. The first kappa shape index (κ1) is 28.3. The van der Waals surface area contributed by atoms with Crippen molar-refractivity contribution in [1.29, 1.82) is 0 Å². The largest absolute Gasteiger partial charge is 0.456 e. The molecule has 0 N–H and O–H groups in total. The predicted molar refractivity (Wildman–Crippen MR) is 210 cm³/mol. The van der Waals surface area contributed by atoms with Crippen LogP contribution in [0.4, 0.5) is 0 Å². The first-order chi connectivity index (χ1) is 25.0. The Hall–Kier alpha value is -6.52. The number of furan rings is 1. The molecule has 4 heteroatoms. The first-order valence-corrected chi connectivity index (χ1v) is 17.5. The third kappa shape index (κ3) is 4.02. The molecule has 0 saturated carbocycles. The van der Waals surface area contributed by atoms with E-state index in [1.165, 1.54) is 27.1 Å². The van der Waals surface area contributed by atoms with Gasteiger partial charge in [0, 0.05) is 43.7 Å². The van der Waals surface area contributed by atoms with Crippen LogP contribution in [0.2, 0.25) is 0 Å². The maximum Gasteiger partial charge on any atom is 0.235 e. The lowest BCUT2D eigenvalue weighted by atomic mass is 9.80. The van der Waals surface area contributed by atoms with Gasteiger partial charge < -0.3 is 4.42 Å². The highest BCUT2D eigenvalue weighted by Gasteiger charge is 2.40. The quantitative estimate of drug-likeness (QED) is 0.191. The van der Waals surface area contributed by atoms with E-state index in [1.54, 1.807) is 0 Å². The van der Waals surface area contributed by atoms with Gasteiger partial charge in [0.2, 0.25) is 5.95 Å². The van der Waals surface area contributed by atoms with Gasteiger partial charge in [-0.1, -0.05) is 123 Å². The van der Waals surface area contributed by atoms with Crippen molar-refractivity contribution in [3.63, 3.8) is 0 Å². The normalized spacial score (nSPS) is 13.5. The van der Waals surface area contributed by atoms with Crippen LogP contribution in [0.25, 0.3) is 94.1 Å². The summed E-state index contributed by atoms with van der Waals surface area (Å²) >= 11 is 0. The lowest BCUT2D eigenvalue weighted by molar-refractivity contribution is 0.657. The summed E-state index contributed by atoms with van der Waals surface area (Å²) in [7, 11) is 0. The topological polar surface area (TPSA) is 43.9 Å². The van der Waals surface area contributed by atoms with Crippen LogP contribution in [0.5, 0.6) is 0 Å². The average Bonchev–Trinajstić information content (AvgIpc) is 3.78. The number of aromatic nitrogens is 3. The van der Waals surface area contributed by atoms with Gasteiger partial charge in [-0.2, -0.15) is 0 Å². The standard InChI is InChI=1S/C47H31N3O/c1-47(2)38-25-31(32-20-22-35-34-17-9-11-19-41(34)51-42(35)27-32)21-23-36(38)45-43(47)44(28-12-4-3-5-13-28)48-46(49-45)50-39-18-10-8-16-33(39)37-24-29-14-6-7-15-30(29)26-40(37)50/h3-27H,1-2H3. The molecule has 0 atom stereocenters. The summed E-state index contributed by atoms with van der Waals surface area (Å²) in [6, 6.07) is 54.0. The average molecular weight is 654 g/mol. The van der Waals surface area contributed by atoms with Gasteiger partial charge >= 0.3 is 0 Å². The highest BCUT2D eigenvalue weighted by Crippen LogP contribution is 2.52. The van der Waals surface area contributed by atoms with Crippen molar-refractivity contribution in [2.24, 2.45) is 0 Å². The monoisotopic (exact) mass is 653 g/mol. The van der Waals surface area contributed by atoms with E-state index in [0.29, 0.717) is 5.95 Å². The number of hydrogen-bond acceptors (Lipinski definition) is 3. The third-order valence-electron chi connectivity index (χ3n) is 11.0. The van der Waals surface area contributed by atoms with Crippen LogP contribution < -0.4 is 0 Å². The maximum absolute atomic E-state index is 6.28. The minimum absolute atomic E-state index is 0.342. The van der Waals surface area contributed by atoms with Gasteiger partial charge in [-0.15, -0.1) is 0 Å². The van der Waals surface area contributed by atoms with Crippen LogP contribution in [0, 0.1) is 0 Å². The van der Waals surface area contributed by atoms with E-state index in [9.17, 15) is 0 Å². The SMILES string of the molecule is CC1(C)c2cc(-c3ccc4c(c3)oc3ccccc34)ccc2-c2nc(-n3c4ccccc4c4cc5ccccc5cc43)nc(-c3ccccc3)c21. The molecule has 0 bridgehead atoms. The maximum atomic E-state index is 6.28. The fourth-order valence-corrected chi connectivity index (χ4v) is 8.50. The van der Waals surface area contributed by atoms with Crippen molar-refractivity contribution in [3.05, 3.63) is 163 Å². The number of rotatable bonds is 3. The molecular formula is C47H31N3O. The molecular weight excluding hydrogens is 623 g/mol. The molecule has 0 saturated heterocycles. The third-order valence-corrected chi connectivity index (χ3v) is 11.0. The molecule has 0 radical (unpaired) electrons. The van der Waals surface area contributed by atoms with E-state index in [1.807, 2.05) is 12.1 Å². The van der Waals surface area contributed by atoms with Crippen molar-refractivity contribution in [3.8, 4) is 39.6 Å². The fraction of sp³-hybridized carbons (Fsp3) is 0.0638. The van der Waals surface area contributed by atoms with Gasteiger partial charge in [0.05, 0.1) is 22.4 Å². The zero-order valence-electron chi connectivity index (χ0n) is 28.2. The van der Waals surface area contributed by atoms with E-state index in [4.69, 9.17) is 14.4 Å². The molecule has 3 aromatic heterocycles. The molecule has 0 spiro atoms. The Kier molecular flexibility index (Phi) is 5.70. The zero-order valence-corrected chi connectivity index (χ0v) is 28.2. The Morgan fingerprint density at radius 2 is 1.16 bits per heavy atom. The minimum atomic E-state index is -0.342. The highest BCUT2D eigenvalue weighted by molar-refractivity contribution is 6.13. The first-order valence-electron chi connectivity index (χ1n) is 17.5. The predicted octanol–water partition coefficient (Wildman–Crippen LogP) is 12.3. The Labute approximate surface area is 294 Å². The van der Waals surface area contributed by atoms with Crippen LogP contribution in [-0.2, 0) is 5.41 Å². The Morgan fingerprint density at radius 3 is 2.02 bits per heavy atom. The summed E-state index contributed by atoms with van der Waals surface area (Å²) < 4.78 is 8.53. The van der Waals surface area contributed by atoms with Crippen molar-refractivity contribution in [2.75, 3.05) is 0 Å². The second-order valence-electron chi connectivity index (χ2n) is 14.2. The number of nitrogens with zero attached hydrogens (tertiary/aromatic N) is 3. The summed E-state index contributed by atoms with van der Waals surface area (Å²) in [6.45, 7) is 4.62. The Morgan fingerprint density at radius 1 is 0.490 bits per heavy atom. The number of para-hydroxylation sites is 2. The molecule has 0 amide bonds. The van der Waals surface area contributed by atoms with Crippen LogP contribution >= 0.6 is 0 Å². The smallest absolute Gasteiger partial charge is 0.235 e. The molecule has 11 rings (SSSR count). The minimum Gasteiger partial charge on any atom is -0.456 e. The molecule has 0 unspecified atom stereocenters. The van der Waals surface area contributed by atoms with Crippen molar-refractivity contribution in [1.82, 2.24) is 14.5 Å². The van der Waals surface area contributed by atoms with Crippen LogP contribution in [0.1, 0.15) is 25.0 Å². The summed E-state index contributed by atoms with van der Waals surface area (Å²) in [5, 5.41) is 7.08. The summed E-state index contributed by atoms with van der Waals surface area (Å²) in [4.78, 5) is 11.0. The zero-order chi connectivity index (χ0) is 33.8.